The number of nitrogens with zero attached hydrogens (tertiary/aromatic N) is 1. The van der Waals surface area contributed by atoms with Gasteiger partial charge in [0.05, 0.1) is 0 Å². The molecule has 0 aromatic heterocycles. The van der Waals surface area contributed by atoms with Crippen LogP contribution in [0.1, 0.15) is 72.1 Å². The predicted octanol–water partition coefficient (Wildman–Crippen LogP) is 6.03. The second kappa shape index (κ2) is 10.1. The summed E-state index contributed by atoms with van der Waals surface area (Å²) in [5.41, 5.74) is 1.58. The summed E-state index contributed by atoms with van der Waals surface area (Å²) in [5.74, 6) is 2.42. The average Bonchev–Trinajstić information content (AvgIpc) is 2.52. The van der Waals surface area contributed by atoms with E-state index in [4.69, 9.17) is 0 Å². The SMILES string of the molecule is C=CCC(CN(C)C1=CCCCC1)C(CCC)C(C)CC. The molecule has 0 aliphatic heterocycles. The van der Waals surface area contributed by atoms with E-state index in [-0.39, 0.29) is 0 Å². The molecule has 0 N–H and O–H groups in total. The number of rotatable bonds is 10. The molecule has 0 radical (unpaired) electrons. The van der Waals surface area contributed by atoms with E-state index < -0.39 is 0 Å². The van der Waals surface area contributed by atoms with Crippen LogP contribution < -0.4 is 0 Å². The molecule has 0 heterocycles. The summed E-state index contributed by atoms with van der Waals surface area (Å²) in [5, 5.41) is 0. The minimum absolute atomic E-state index is 0.755. The third kappa shape index (κ3) is 5.88. The summed E-state index contributed by atoms with van der Waals surface area (Å²) in [6.45, 7) is 12.3. The fourth-order valence-corrected chi connectivity index (χ4v) is 3.86. The minimum Gasteiger partial charge on any atom is -0.378 e. The second-order valence-corrected chi connectivity index (χ2v) is 6.94. The van der Waals surface area contributed by atoms with Gasteiger partial charge in [-0.15, -0.1) is 6.58 Å². The largest absolute Gasteiger partial charge is 0.378 e. The maximum atomic E-state index is 4.01. The van der Waals surface area contributed by atoms with E-state index in [1.54, 1.807) is 5.70 Å². The first-order chi connectivity index (χ1) is 10.1. The van der Waals surface area contributed by atoms with Crippen molar-refractivity contribution in [3.05, 3.63) is 24.4 Å². The van der Waals surface area contributed by atoms with E-state index in [9.17, 15) is 0 Å². The Labute approximate surface area is 133 Å². The molecule has 1 heteroatoms. The summed E-state index contributed by atoms with van der Waals surface area (Å²) in [6, 6.07) is 0. The molecule has 3 atom stereocenters. The number of hydrogen-bond acceptors (Lipinski definition) is 1. The molecule has 122 valence electrons. The van der Waals surface area contributed by atoms with E-state index in [1.165, 1.54) is 51.5 Å². The van der Waals surface area contributed by atoms with Crippen LogP contribution in [0.25, 0.3) is 0 Å². The highest BCUT2D eigenvalue weighted by Gasteiger charge is 2.26. The summed E-state index contributed by atoms with van der Waals surface area (Å²) >= 11 is 0. The lowest BCUT2D eigenvalue weighted by Crippen LogP contribution is -2.32. The molecule has 1 nitrogen and oxygen atoms in total. The monoisotopic (exact) mass is 291 g/mol. The molecule has 0 amide bonds. The van der Waals surface area contributed by atoms with Crippen molar-refractivity contribution in [3.63, 3.8) is 0 Å². The fourth-order valence-electron chi connectivity index (χ4n) is 3.86. The molecule has 0 spiro atoms. The Kier molecular flexibility index (Phi) is 8.80. The van der Waals surface area contributed by atoms with E-state index in [1.807, 2.05) is 0 Å². The Hall–Kier alpha value is -0.720. The summed E-state index contributed by atoms with van der Waals surface area (Å²) in [6.07, 6.45) is 15.0. The van der Waals surface area contributed by atoms with E-state index in [0.29, 0.717) is 0 Å². The summed E-state index contributed by atoms with van der Waals surface area (Å²) < 4.78 is 0. The molecule has 1 rings (SSSR count). The van der Waals surface area contributed by atoms with Crippen molar-refractivity contribution in [2.75, 3.05) is 13.6 Å². The van der Waals surface area contributed by atoms with Gasteiger partial charge in [-0.25, -0.2) is 0 Å². The molecular formula is C20H37N. The average molecular weight is 292 g/mol. The predicted molar refractivity (Wildman–Crippen MR) is 95.3 cm³/mol. The normalized spacial score (nSPS) is 19.5. The van der Waals surface area contributed by atoms with Gasteiger partial charge in [-0.2, -0.15) is 0 Å². The quantitative estimate of drug-likeness (QED) is 0.444. The van der Waals surface area contributed by atoms with Crippen LogP contribution in [-0.4, -0.2) is 18.5 Å². The van der Waals surface area contributed by atoms with Crippen molar-refractivity contribution in [2.45, 2.75) is 72.1 Å². The Morgan fingerprint density at radius 2 is 2.10 bits per heavy atom. The van der Waals surface area contributed by atoms with Crippen LogP contribution in [-0.2, 0) is 0 Å². The first-order valence-electron chi connectivity index (χ1n) is 9.15. The zero-order chi connectivity index (χ0) is 15.7. The third-order valence-corrected chi connectivity index (χ3v) is 5.34. The first-order valence-corrected chi connectivity index (χ1v) is 9.15. The van der Waals surface area contributed by atoms with Crippen molar-refractivity contribution < 1.29 is 0 Å². The molecule has 1 aliphatic carbocycles. The zero-order valence-electron chi connectivity index (χ0n) is 14.9. The lowest BCUT2D eigenvalue weighted by Gasteiger charge is -2.36. The topological polar surface area (TPSA) is 3.24 Å². The Balaban J connectivity index is 2.73. The molecule has 0 aromatic carbocycles. The highest BCUT2D eigenvalue weighted by atomic mass is 15.1. The molecule has 1 aliphatic rings. The van der Waals surface area contributed by atoms with Gasteiger partial charge in [-0.05, 0) is 49.9 Å². The van der Waals surface area contributed by atoms with Crippen molar-refractivity contribution in [1.29, 1.82) is 0 Å². The standard InChI is InChI=1S/C20H37N/c1-6-12-18(20(13-7-2)17(4)8-3)16-21(5)19-14-10-9-11-15-19/h6,14,17-18,20H,1,7-13,15-16H2,2-5H3. The maximum absolute atomic E-state index is 4.01. The Morgan fingerprint density at radius 3 is 2.62 bits per heavy atom. The van der Waals surface area contributed by atoms with Crippen molar-refractivity contribution in [2.24, 2.45) is 17.8 Å². The van der Waals surface area contributed by atoms with Crippen molar-refractivity contribution in [1.82, 2.24) is 4.90 Å². The molecule has 0 saturated heterocycles. The van der Waals surface area contributed by atoms with Crippen LogP contribution in [0, 0.1) is 17.8 Å². The van der Waals surface area contributed by atoms with E-state index in [2.05, 4.69) is 51.4 Å². The molecule has 21 heavy (non-hydrogen) atoms. The number of hydrogen-bond donors (Lipinski definition) is 0. The van der Waals surface area contributed by atoms with Gasteiger partial charge in [0.15, 0.2) is 0 Å². The van der Waals surface area contributed by atoms with Crippen LogP contribution in [0.3, 0.4) is 0 Å². The number of allylic oxidation sites excluding steroid dienone is 3. The van der Waals surface area contributed by atoms with Gasteiger partial charge in [0.25, 0.3) is 0 Å². The first kappa shape index (κ1) is 18.3. The lowest BCUT2D eigenvalue weighted by molar-refractivity contribution is 0.176. The Bertz CT molecular complexity index is 318. The van der Waals surface area contributed by atoms with Gasteiger partial charge in [0.2, 0.25) is 0 Å². The van der Waals surface area contributed by atoms with Crippen LogP contribution in [0.5, 0.6) is 0 Å². The fraction of sp³-hybridized carbons (Fsp3) is 0.800. The van der Waals surface area contributed by atoms with E-state index in [0.717, 1.165) is 24.2 Å². The van der Waals surface area contributed by atoms with Crippen LogP contribution in [0.2, 0.25) is 0 Å². The van der Waals surface area contributed by atoms with E-state index >= 15 is 0 Å². The molecule has 3 unspecified atom stereocenters. The van der Waals surface area contributed by atoms with Crippen molar-refractivity contribution in [3.8, 4) is 0 Å². The summed E-state index contributed by atoms with van der Waals surface area (Å²) in [4.78, 5) is 2.54. The van der Waals surface area contributed by atoms with Gasteiger partial charge >= 0.3 is 0 Å². The lowest BCUT2D eigenvalue weighted by atomic mass is 9.76. The maximum Gasteiger partial charge on any atom is 0.0205 e. The molecule has 0 aromatic rings. The molecule has 0 bridgehead atoms. The smallest absolute Gasteiger partial charge is 0.0205 e. The zero-order valence-corrected chi connectivity index (χ0v) is 14.9. The van der Waals surface area contributed by atoms with Gasteiger partial charge in [0, 0.05) is 19.3 Å². The van der Waals surface area contributed by atoms with Gasteiger partial charge in [0.1, 0.15) is 0 Å². The highest BCUT2D eigenvalue weighted by Crippen LogP contribution is 2.32. The highest BCUT2D eigenvalue weighted by molar-refractivity contribution is 5.04. The minimum atomic E-state index is 0.755. The molecule has 0 saturated carbocycles. The van der Waals surface area contributed by atoms with Crippen LogP contribution >= 0.6 is 0 Å². The van der Waals surface area contributed by atoms with Gasteiger partial charge in [-0.1, -0.05) is 52.2 Å². The second-order valence-electron chi connectivity index (χ2n) is 6.94. The molecule has 0 fully saturated rings. The van der Waals surface area contributed by atoms with Gasteiger partial charge in [-0.3, -0.25) is 0 Å². The Morgan fingerprint density at radius 1 is 1.33 bits per heavy atom. The van der Waals surface area contributed by atoms with Crippen LogP contribution in [0.4, 0.5) is 0 Å². The van der Waals surface area contributed by atoms with Crippen molar-refractivity contribution >= 4 is 0 Å². The third-order valence-electron chi connectivity index (χ3n) is 5.34. The molecular weight excluding hydrogens is 254 g/mol. The summed E-state index contributed by atoms with van der Waals surface area (Å²) in [7, 11) is 2.30. The van der Waals surface area contributed by atoms with Crippen LogP contribution in [0.15, 0.2) is 24.4 Å². The van der Waals surface area contributed by atoms with Gasteiger partial charge < -0.3 is 4.90 Å².